The van der Waals surface area contributed by atoms with E-state index < -0.39 is 0 Å². The van der Waals surface area contributed by atoms with Crippen LogP contribution in [0.3, 0.4) is 0 Å². The predicted molar refractivity (Wildman–Crippen MR) is 68.1 cm³/mol. The third kappa shape index (κ3) is 2.41. The van der Waals surface area contributed by atoms with Gasteiger partial charge in [-0.1, -0.05) is 6.07 Å². The van der Waals surface area contributed by atoms with Crippen LogP contribution in [0.2, 0.25) is 0 Å². The maximum absolute atomic E-state index is 5.47. The zero-order valence-corrected chi connectivity index (χ0v) is 10.3. The lowest BCUT2D eigenvalue weighted by Crippen LogP contribution is -2.43. The van der Waals surface area contributed by atoms with Crippen molar-refractivity contribution in [1.82, 2.24) is 14.9 Å². The van der Waals surface area contributed by atoms with Gasteiger partial charge in [0.15, 0.2) is 0 Å². The molecule has 0 spiro atoms. The molecule has 1 atom stereocenters. The van der Waals surface area contributed by atoms with Crippen LogP contribution in [0, 0.1) is 0 Å². The van der Waals surface area contributed by atoms with E-state index in [9.17, 15) is 0 Å². The maximum atomic E-state index is 5.47. The highest BCUT2D eigenvalue weighted by atomic mass is 32.1. The summed E-state index contributed by atoms with van der Waals surface area (Å²) in [6.07, 6.45) is 3.82. The minimum atomic E-state index is 0.386. The van der Waals surface area contributed by atoms with Gasteiger partial charge in [0.25, 0.3) is 0 Å². The van der Waals surface area contributed by atoms with E-state index in [1.54, 1.807) is 11.3 Å². The summed E-state index contributed by atoms with van der Waals surface area (Å²) in [6.45, 7) is 3.45. The maximum Gasteiger partial charge on any atom is 0.0951 e. The molecule has 1 saturated heterocycles. The van der Waals surface area contributed by atoms with Crippen molar-refractivity contribution in [2.24, 2.45) is 0 Å². The molecule has 1 aliphatic heterocycles. The number of thiophene rings is 1. The van der Waals surface area contributed by atoms with Crippen molar-refractivity contribution in [3.63, 3.8) is 0 Å². The van der Waals surface area contributed by atoms with Crippen molar-refractivity contribution < 1.29 is 4.74 Å². The minimum absolute atomic E-state index is 0.386. The molecule has 0 saturated carbocycles. The molecule has 3 rings (SSSR count). The van der Waals surface area contributed by atoms with Crippen LogP contribution in [0.25, 0.3) is 10.6 Å². The Balaban J connectivity index is 1.77. The molecular formula is C12H15N3OS. The van der Waals surface area contributed by atoms with E-state index in [2.05, 4.69) is 32.4 Å². The van der Waals surface area contributed by atoms with Gasteiger partial charge in [0.05, 0.1) is 36.3 Å². The number of hydrogen-bond acceptors (Lipinski definition) is 4. The lowest BCUT2D eigenvalue weighted by Gasteiger charge is -2.24. The van der Waals surface area contributed by atoms with Gasteiger partial charge >= 0.3 is 0 Å². The Morgan fingerprint density at radius 1 is 1.59 bits per heavy atom. The number of imidazole rings is 1. The number of hydrogen-bond donors (Lipinski definition) is 1. The first-order valence-corrected chi connectivity index (χ1v) is 6.66. The number of nitrogens with zero attached hydrogens (tertiary/aromatic N) is 2. The fourth-order valence-electron chi connectivity index (χ4n) is 2.07. The van der Waals surface area contributed by atoms with E-state index in [1.807, 2.05) is 12.5 Å². The van der Waals surface area contributed by atoms with Gasteiger partial charge in [-0.15, -0.1) is 11.3 Å². The molecule has 0 amide bonds. The highest BCUT2D eigenvalue weighted by molar-refractivity contribution is 7.13. The molecule has 2 aromatic heterocycles. The second-order valence-corrected chi connectivity index (χ2v) is 5.08. The highest BCUT2D eigenvalue weighted by Gasteiger charge is 2.15. The van der Waals surface area contributed by atoms with E-state index in [0.717, 1.165) is 26.3 Å². The highest BCUT2D eigenvalue weighted by Crippen LogP contribution is 2.24. The fourth-order valence-corrected chi connectivity index (χ4v) is 2.82. The quantitative estimate of drug-likeness (QED) is 0.898. The molecule has 5 heteroatoms. The predicted octanol–water partition coefficient (Wildman–Crippen LogP) is 1.60. The summed E-state index contributed by atoms with van der Waals surface area (Å²) in [6, 6.07) is 4.58. The van der Waals surface area contributed by atoms with Gasteiger partial charge in [0.1, 0.15) is 0 Å². The SMILES string of the molecule is c1csc(-c2cncn2CC2COCCN2)c1. The van der Waals surface area contributed by atoms with Crippen LogP contribution in [0.1, 0.15) is 0 Å². The van der Waals surface area contributed by atoms with Crippen LogP contribution in [0.4, 0.5) is 0 Å². The molecule has 4 nitrogen and oxygen atoms in total. The second-order valence-electron chi connectivity index (χ2n) is 4.13. The van der Waals surface area contributed by atoms with Crippen molar-refractivity contribution in [3.05, 3.63) is 30.0 Å². The van der Waals surface area contributed by atoms with Crippen LogP contribution in [0.5, 0.6) is 0 Å². The summed E-state index contributed by atoms with van der Waals surface area (Å²) in [7, 11) is 0. The van der Waals surface area contributed by atoms with E-state index in [0.29, 0.717) is 6.04 Å². The van der Waals surface area contributed by atoms with Crippen molar-refractivity contribution in [1.29, 1.82) is 0 Å². The largest absolute Gasteiger partial charge is 0.378 e. The molecule has 90 valence electrons. The Hall–Kier alpha value is -1.17. The van der Waals surface area contributed by atoms with E-state index in [-0.39, 0.29) is 0 Å². The van der Waals surface area contributed by atoms with E-state index >= 15 is 0 Å². The summed E-state index contributed by atoms with van der Waals surface area (Å²) in [4.78, 5) is 5.51. The number of rotatable bonds is 3. The molecule has 0 aromatic carbocycles. The fraction of sp³-hybridized carbons (Fsp3) is 0.417. The summed E-state index contributed by atoms with van der Waals surface area (Å²) in [5, 5.41) is 5.55. The summed E-state index contributed by atoms with van der Waals surface area (Å²) >= 11 is 1.74. The van der Waals surface area contributed by atoms with Gasteiger partial charge < -0.3 is 14.6 Å². The molecule has 1 aliphatic rings. The molecule has 17 heavy (non-hydrogen) atoms. The first-order valence-electron chi connectivity index (χ1n) is 5.78. The third-order valence-corrected chi connectivity index (χ3v) is 3.79. The Bertz CT molecular complexity index is 460. The van der Waals surface area contributed by atoms with Gasteiger partial charge in [-0.25, -0.2) is 4.98 Å². The molecule has 0 bridgehead atoms. The molecule has 0 radical (unpaired) electrons. The average molecular weight is 249 g/mol. The molecule has 3 heterocycles. The van der Waals surface area contributed by atoms with Crippen molar-refractivity contribution in [2.45, 2.75) is 12.6 Å². The second kappa shape index (κ2) is 5.00. The zero-order chi connectivity index (χ0) is 11.5. The van der Waals surface area contributed by atoms with Crippen molar-refractivity contribution >= 4 is 11.3 Å². The van der Waals surface area contributed by atoms with Crippen LogP contribution in [-0.4, -0.2) is 35.4 Å². The topological polar surface area (TPSA) is 39.1 Å². The number of nitrogens with one attached hydrogen (secondary N) is 1. The Morgan fingerprint density at radius 2 is 2.59 bits per heavy atom. The first-order chi connectivity index (χ1) is 8.43. The number of morpholine rings is 1. The monoisotopic (exact) mass is 249 g/mol. The lowest BCUT2D eigenvalue weighted by atomic mass is 10.2. The van der Waals surface area contributed by atoms with Crippen molar-refractivity contribution in [2.75, 3.05) is 19.8 Å². The van der Waals surface area contributed by atoms with Crippen molar-refractivity contribution in [3.8, 4) is 10.6 Å². The number of aromatic nitrogens is 2. The lowest BCUT2D eigenvalue weighted by molar-refractivity contribution is 0.0715. The molecule has 1 N–H and O–H groups in total. The average Bonchev–Trinajstić information content (AvgIpc) is 3.00. The van der Waals surface area contributed by atoms with Crippen LogP contribution >= 0.6 is 11.3 Å². The molecule has 1 unspecified atom stereocenters. The van der Waals surface area contributed by atoms with Gasteiger partial charge in [0.2, 0.25) is 0 Å². The Labute approximate surface area is 104 Å². The molecular weight excluding hydrogens is 234 g/mol. The van der Waals surface area contributed by atoms with Crippen LogP contribution in [-0.2, 0) is 11.3 Å². The van der Waals surface area contributed by atoms with E-state index in [1.165, 1.54) is 10.6 Å². The Kier molecular flexibility index (Phi) is 3.22. The van der Waals surface area contributed by atoms with Gasteiger partial charge in [0, 0.05) is 19.1 Å². The normalized spacial score (nSPS) is 20.6. The van der Waals surface area contributed by atoms with Gasteiger partial charge in [-0.3, -0.25) is 0 Å². The third-order valence-electron chi connectivity index (χ3n) is 2.90. The Morgan fingerprint density at radius 3 is 3.35 bits per heavy atom. The summed E-state index contributed by atoms with van der Waals surface area (Å²) in [5.41, 5.74) is 1.19. The zero-order valence-electron chi connectivity index (χ0n) is 9.50. The first kappa shape index (κ1) is 11.0. The molecule has 1 fully saturated rings. The number of ether oxygens (including phenoxy) is 1. The minimum Gasteiger partial charge on any atom is -0.378 e. The summed E-state index contributed by atoms with van der Waals surface area (Å²) < 4.78 is 7.66. The van der Waals surface area contributed by atoms with Gasteiger partial charge in [-0.2, -0.15) is 0 Å². The van der Waals surface area contributed by atoms with Crippen LogP contribution < -0.4 is 5.32 Å². The molecule has 2 aromatic rings. The smallest absolute Gasteiger partial charge is 0.0951 e. The molecule has 0 aliphatic carbocycles. The van der Waals surface area contributed by atoms with Gasteiger partial charge in [-0.05, 0) is 11.4 Å². The van der Waals surface area contributed by atoms with Crippen LogP contribution in [0.15, 0.2) is 30.0 Å². The van der Waals surface area contributed by atoms with E-state index in [4.69, 9.17) is 4.74 Å². The standard InChI is InChI=1S/C12H15N3OS/c1-2-12(17-5-1)11-6-13-9-15(11)7-10-8-16-4-3-14-10/h1-2,5-6,9-10,14H,3-4,7-8H2. The summed E-state index contributed by atoms with van der Waals surface area (Å²) in [5.74, 6) is 0.